The fourth-order valence-electron chi connectivity index (χ4n) is 2.54. The van der Waals surface area contributed by atoms with Crippen molar-refractivity contribution >= 4 is 17.5 Å². The van der Waals surface area contributed by atoms with Crippen LogP contribution in [0, 0.1) is 6.92 Å². The second-order valence-corrected chi connectivity index (χ2v) is 5.46. The predicted octanol–water partition coefficient (Wildman–Crippen LogP) is 3.46. The Labute approximate surface area is 128 Å². The summed E-state index contributed by atoms with van der Waals surface area (Å²) in [5.74, 6) is 0.682. The Bertz CT molecular complexity index is 619. The van der Waals surface area contributed by atoms with E-state index in [0.29, 0.717) is 30.3 Å². The van der Waals surface area contributed by atoms with Gasteiger partial charge in [0.15, 0.2) is 0 Å². The summed E-state index contributed by atoms with van der Waals surface area (Å²) in [5.41, 5.74) is 1.45. The van der Waals surface area contributed by atoms with Crippen LogP contribution in [0.15, 0.2) is 41.0 Å². The Hall–Kier alpha value is -1.78. The Morgan fingerprint density at radius 2 is 2.19 bits per heavy atom. The van der Waals surface area contributed by atoms with Gasteiger partial charge in [-0.25, -0.2) is 0 Å². The van der Waals surface area contributed by atoms with E-state index < -0.39 is 0 Å². The third-order valence-corrected chi connectivity index (χ3v) is 3.96. The molecule has 0 bridgehead atoms. The number of morpholine rings is 1. The van der Waals surface area contributed by atoms with Gasteiger partial charge < -0.3 is 14.1 Å². The van der Waals surface area contributed by atoms with Crippen molar-refractivity contribution in [3.05, 3.63) is 58.5 Å². The average Bonchev–Trinajstić information content (AvgIpc) is 3.01. The molecule has 3 rings (SSSR count). The normalized spacial score (nSPS) is 18.8. The van der Waals surface area contributed by atoms with Crippen molar-refractivity contribution in [3.63, 3.8) is 0 Å². The van der Waals surface area contributed by atoms with E-state index in [-0.39, 0.29) is 12.0 Å². The van der Waals surface area contributed by atoms with Crippen LogP contribution >= 0.6 is 11.6 Å². The van der Waals surface area contributed by atoms with Crippen LogP contribution in [-0.4, -0.2) is 30.5 Å². The van der Waals surface area contributed by atoms with E-state index in [2.05, 4.69) is 0 Å². The van der Waals surface area contributed by atoms with Gasteiger partial charge in [-0.05, 0) is 30.7 Å². The molecule has 5 heteroatoms. The molecule has 1 aliphatic heterocycles. The first kappa shape index (κ1) is 14.2. The zero-order valence-electron chi connectivity index (χ0n) is 11.7. The van der Waals surface area contributed by atoms with Crippen LogP contribution in [0.5, 0.6) is 0 Å². The van der Waals surface area contributed by atoms with Crippen LogP contribution in [0.3, 0.4) is 0 Å². The van der Waals surface area contributed by atoms with E-state index in [1.54, 1.807) is 17.2 Å². The zero-order chi connectivity index (χ0) is 14.8. The lowest BCUT2D eigenvalue weighted by molar-refractivity contribution is -0.0321. The molecule has 2 heterocycles. The van der Waals surface area contributed by atoms with Crippen LogP contribution in [0.4, 0.5) is 0 Å². The second-order valence-electron chi connectivity index (χ2n) is 5.06. The maximum Gasteiger partial charge on any atom is 0.255 e. The molecule has 0 N–H and O–H groups in total. The summed E-state index contributed by atoms with van der Waals surface area (Å²) in [6.07, 6.45) is 1.39. The lowest BCUT2D eigenvalue weighted by Gasteiger charge is -2.32. The van der Waals surface area contributed by atoms with E-state index >= 15 is 0 Å². The van der Waals surface area contributed by atoms with Crippen molar-refractivity contribution < 1.29 is 13.9 Å². The zero-order valence-corrected chi connectivity index (χ0v) is 12.5. The molecule has 0 aliphatic carbocycles. The molecule has 2 aromatic rings. The van der Waals surface area contributed by atoms with Crippen molar-refractivity contribution in [1.82, 2.24) is 4.90 Å². The van der Waals surface area contributed by atoms with Crippen LogP contribution < -0.4 is 0 Å². The first-order chi connectivity index (χ1) is 10.2. The number of carbonyl (C=O) groups is 1. The Morgan fingerprint density at radius 1 is 1.33 bits per heavy atom. The predicted molar refractivity (Wildman–Crippen MR) is 79.5 cm³/mol. The van der Waals surface area contributed by atoms with Crippen molar-refractivity contribution in [2.24, 2.45) is 0 Å². The fourth-order valence-corrected chi connectivity index (χ4v) is 2.84. The summed E-state index contributed by atoms with van der Waals surface area (Å²) in [6.45, 7) is 3.40. The molecule has 1 saturated heterocycles. The van der Waals surface area contributed by atoms with Crippen LogP contribution in [0.25, 0.3) is 0 Å². The van der Waals surface area contributed by atoms with E-state index in [1.807, 2.05) is 31.2 Å². The molecule has 1 amide bonds. The van der Waals surface area contributed by atoms with E-state index in [4.69, 9.17) is 20.8 Å². The quantitative estimate of drug-likeness (QED) is 0.853. The minimum Gasteiger partial charge on any atom is -0.467 e. The summed E-state index contributed by atoms with van der Waals surface area (Å²) in [6, 6.07) is 9.16. The fraction of sp³-hybridized carbons (Fsp3) is 0.312. The maximum atomic E-state index is 12.7. The van der Waals surface area contributed by atoms with Crippen molar-refractivity contribution in [1.29, 1.82) is 0 Å². The lowest BCUT2D eigenvalue weighted by atomic mass is 10.1. The number of aryl methyl sites for hydroxylation is 1. The number of nitrogens with zero attached hydrogens (tertiary/aromatic N) is 1. The number of halogens is 1. The van der Waals surface area contributed by atoms with Crippen molar-refractivity contribution in [3.8, 4) is 0 Å². The van der Waals surface area contributed by atoms with Gasteiger partial charge in [0.25, 0.3) is 5.91 Å². The monoisotopic (exact) mass is 305 g/mol. The van der Waals surface area contributed by atoms with Crippen LogP contribution in [0.1, 0.15) is 27.8 Å². The molecule has 4 nitrogen and oxygen atoms in total. The standard InChI is InChI=1S/C16H16ClNO3/c1-11-4-2-5-12(17)15(11)16(19)18-7-9-21-14(10-18)13-6-3-8-20-13/h2-6,8,14H,7,9-10H2,1H3. The number of hydrogen-bond acceptors (Lipinski definition) is 3. The highest BCUT2D eigenvalue weighted by atomic mass is 35.5. The molecule has 21 heavy (non-hydrogen) atoms. The highest BCUT2D eigenvalue weighted by Crippen LogP contribution is 2.26. The van der Waals surface area contributed by atoms with Crippen molar-refractivity contribution in [2.75, 3.05) is 19.7 Å². The number of carbonyl (C=O) groups excluding carboxylic acids is 1. The van der Waals surface area contributed by atoms with E-state index in [1.165, 1.54) is 0 Å². The minimum atomic E-state index is -0.222. The van der Waals surface area contributed by atoms with Gasteiger partial charge in [0.05, 0.1) is 30.0 Å². The first-order valence-electron chi connectivity index (χ1n) is 6.86. The number of ether oxygens (including phenoxy) is 1. The van der Waals surface area contributed by atoms with E-state index in [0.717, 1.165) is 11.3 Å². The minimum absolute atomic E-state index is 0.0574. The van der Waals surface area contributed by atoms with Gasteiger partial charge in [0.2, 0.25) is 0 Å². The summed E-state index contributed by atoms with van der Waals surface area (Å²) < 4.78 is 11.0. The van der Waals surface area contributed by atoms with Gasteiger partial charge in [-0.1, -0.05) is 23.7 Å². The number of amides is 1. The Kier molecular flexibility index (Phi) is 3.99. The molecule has 1 atom stereocenters. The highest BCUT2D eigenvalue weighted by molar-refractivity contribution is 6.34. The molecule has 1 aliphatic rings. The molecule has 110 valence electrons. The van der Waals surface area contributed by atoms with Gasteiger partial charge in [0, 0.05) is 6.54 Å². The number of furan rings is 1. The van der Waals surface area contributed by atoms with E-state index in [9.17, 15) is 4.79 Å². The summed E-state index contributed by atoms with van der Waals surface area (Å²) in [4.78, 5) is 14.5. The molecule has 1 fully saturated rings. The number of rotatable bonds is 2. The smallest absolute Gasteiger partial charge is 0.255 e. The summed E-state index contributed by atoms with van der Waals surface area (Å²) in [5, 5.41) is 0.487. The number of benzene rings is 1. The lowest BCUT2D eigenvalue weighted by Crippen LogP contribution is -2.42. The summed E-state index contributed by atoms with van der Waals surface area (Å²) >= 11 is 6.18. The van der Waals surface area contributed by atoms with Crippen LogP contribution in [0.2, 0.25) is 5.02 Å². The van der Waals surface area contributed by atoms with Crippen LogP contribution in [-0.2, 0) is 4.74 Å². The van der Waals surface area contributed by atoms with Gasteiger partial charge in [-0.2, -0.15) is 0 Å². The van der Waals surface area contributed by atoms with Gasteiger partial charge >= 0.3 is 0 Å². The number of hydrogen-bond donors (Lipinski definition) is 0. The Balaban J connectivity index is 1.82. The second kappa shape index (κ2) is 5.92. The Morgan fingerprint density at radius 3 is 2.90 bits per heavy atom. The third kappa shape index (κ3) is 2.82. The summed E-state index contributed by atoms with van der Waals surface area (Å²) in [7, 11) is 0. The third-order valence-electron chi connectivity index (χ3n) is 3.65. The molecule has 0 saturated carbocycles. The SMILES string of the molecule is Cc1cccc(Cl)c1C(=O)N1CCOC(c2ccco2)C1. The molecular weight excluding hydrogens is 290 g/mol. The first-order valence-corrected chi connectivity index (χ1v) is 7.24. The van der Waals surface area contributed by atoms with Gasteiger partial charge in [0.1, 0.15) is 11.9 Å². The molecule has 0 spiro atoms. The topological polar surface area (TPSA) is 42.7 Å². The average molecular weight is 306 g/mol. The molecule has 1 aromatic heterocycles. The molecule has 1 unspecified atom stereocenters. The highest BCUT2D eigenvalue weighted by Gasteiger charge is 2.29. The van der Waals surface area contributed by atoms with Crippen molar-refractivity contribution in [2.45, 2.75) is 13.0 Å². The van der Waals surface area contributed by atoms with Gasteiger partial charge in [-0.15, -0.1) is 0 Å². The molecule has 1 aromatic carbocycles. The molecular formula is C16H16ClNO3. The maximum absolute atomic E-state index is 12.7. The largest absolute Gasteiger partial charge is 0.467 e. The molecule has 0 radical (unpaired) electrons. The van der Waals surface area contributed by atoms with Gasteiger partial charge in [-0.3, -0.25) is 4.79 Å².